The third kappa shape index (κ3) is 1.01. The molecule has 14 heavy (non-hydrogen) atoms. The summed E-state index contributed by atoms with van der Waals surface area (Å²) in [5, 5.41) is 38.3. The van der Waals surface area contributed by atoms with Crippen LogP contribution >= 0.6 is 0 Å². The summed E-state index contributed by atoms with van der Waals surface area (Å²) in [5.41, 5.74) is -3.39. The molecule has 74 valence electrons. The number of fused-ring (bicyclic) bond motifs is 1. The number of aliphatic hydroxyl groups excluding tert-OH is 2. The van der Waals surface area contributed by atoms with Gasteiger partial charge in [0.25, 0.3) is 0 Å². The van der Waals surface area contributed by atoms with Crippen LogP contribution in [-0.2, 0) is 0 Å². The van der Waals surface area contributed by atoms with Gasteiger partial charge in [0.1, 0.15) is 11.2 Å². The molecule has 2 aliphatic carbocycles. The molecule has 0 bridgehead atoms. The highest BCUT2D eigenvalue weighted by atomic mass is 16.4. The molecule has 4 nitrogen and oxygen atoms in total. The van der Waals surface area contributed by atoms with Crippen molar-refractivity contribution in [3.63, 3.8) is 0 Å². The molecule has 0 spiro atoms. The average molecular weight is 194 g/mol. The van der Waals surface area contributed by atoms with Crippen molar-refractivity contribution in [3.05, 3.63) is 48.0 Å². The Labute approximate surface area is 80.4 Å². The lowest BCUT2D eigenvalue weighted by molar-refractivity contribution is -0.0382. The van der Waals surface area contributed by atoms with Gasteiger partial charge in [-0.15, -0.1) is 0 Å². The molecule has 2 atom stereocenters. The molecule has 4 N–H and O–H groups in total. The highest BCUT2D eigenvalue weighted by Gasteiger charge is 2.47. The van der Waals surface area contributed by atoms with Crippen LogP contribution in [-0.4, -0.2) is 31.6 Å². The lowest BCUT2D eigenvalue weighted by Gasteiger charge is -2.39. The van der Waals surface area contributed by atoms with Crippen molar-refractivity contribution >= 4 is 0 Å². The zero-order valence-corrected chi connectivity index (χ0v) is 7.25. The molecule has 0 fully saturated rings. The van der Waals surface area contributed by atoms with E-state index in [1.54, 1.807) is 12.2 Å². The SMILES string of the molecule is OC1=CC2(O)C=CC=CC2(O)C=C1O. The predicted molar refractivity (Wildman–Crippen MR) is 49.6 cm³/mol. The molecule has 4 heteroatoms. The lowest BCUT2D eigenvalue weighted by atomic mass is 9.76. The minimum absolute atomic E-state index is 0.447. The Kier molecular flexibility index (Phi) is 1.61. The summed E-state index contributed by atoms with van der Waals surface area (Å²) in [6.07, 6.45) is 7.78. The van der Waals surface area contributed by atoms with E-state index in [-0.39, 0.29) is 0 Å². The average Bonchev–Trinajstić information content (AvgIpc) is 2.09. The Morgan fingerprint density at radius 1 is 0.786 bits per heavy atom. The van der Waals surface area contributed by atoms with Crippen LogP contribution in [0, 0.1) is 0 Å². The second-order valence-corrected chi connectivity index (χ2v) is 3.43. The Morgan fingerprint density at radius 3 is 1.50 bits per heavy atom. The van der Waals surface area contributed by atoms with E-state index in [0.29, 0.717) is 0 Å². The zero-order chi connectivity index (χ0) is 10.4. The molecule has 0 aliphatic heterocycles. The van der Waals surface area contributed by atoms with Gasteiger partial charge in [-0.3, -0.25) is 0 Å². The highest BCUT2D eigenvalue weighted by Crippen LogP contribution is 2.37. The van der Waals surface area contributed by atoms with E-state index in [1.807, 2.05) is 0 Å². The van der Waals surface area contributed by atoms with E-state index >= 15 is 0 Å². The van der Waals surface area contributed by atoms with Crippen LogP contribution in [0.2, 0.25) is 0 Å². The van der Waals surface area contributed by atoms with E-state index in [4.69, 9.17) is 0 Å². The van der Waals surface area contributed by atoms with Crippen LogP contribution in [0.25, 0.3) is 0 Å². The zero-order valence-electron chi connectivity index (χ0n) is 7.25. The van der Waals surface area contributed by atoms with Crippen LogP contribution in [0.3, 0.4) is 0 Å². The maximum atomic E-state index is 9.96. The van der Waals surface area contributed by atoms with Gasteiger partial charge in [0, 0.05) is 12.2 Å². The summed E-state index contributed by atoms with van der Waals surface area (Å²) >= 11 is 0. The first-order chi connectivity index (χ1) is 6.47. The third-order valence-corrected chi connectivity index (χ3v) is 2.43. The van der Waals surface area contributed by atoms with E-state index in [0.717, 1.165) is 12.2 Å². The maximum absolute atomic E-state index is 9.96. The molecule has 0 aromatic heterocycles. The van der Waals surface area contributed by atoms with Gasteiger partial charge in [-0.05, 0) is 12.2 Å². The quantitative estimate of drug-likeness (QED) is 0.452. The minimum atomic E-state index is -1.70. The maximum Gasteiger partial charge on any atom is 0.156 e. The van der Waals surface area contributed by atoms with Crippen molar-refractivity contribution in [1.82, 2.24) is 0 Å². The van der Waals surface area contributed by atoms with Crippen LogP contribution in [0.5, 0.6) is 0 Å². The van der Waals surface area contributed by atoms with E-state index in [2.05, 4.69) is 0 Å². The summed E-state index contributed by atoms with van der Waals surface area (Å²) in [6.45, 7) is 0. The first-order valence-corrected chi connectivity index (χ1v) is 4.13. The van der Waals surface area contributed by atoms with E-state index in [1.165, 1.54) is 12.2 Å². The van der Waals surface area contributed by atoms with Gasteiger partial charge in [-0.25, -0.2) is 0 Å². The molecule has 0 amide bonds. The number of hydrogen-bond donors (Lipinski definition) is 4. The van der Waals surface area contributed by atoms with Gasteiger partial charge in [-0.1, -0.05) is 12.2 Å². The number of rotatable bonds is 0. The Hall–Kier alpha value is -1.52. The number of aliphatic hydroxyl groups is 4. The minimum Gasteiger partial charge on any atom is -0.504 e. The Morgan fingerprint density at radius 2 is 1.14 bits per heavy atom. The molecule has 0 saturated carbocycles. The van der Waals surface area contributed by atoms with Crippen LogP contribution in [0.1, 0.15) is 0 Å². The molecule has 0 saturated heterocycles. The third-order valence-electron chi connectivity index (χ3n) is 2.43. The normalized spacial score (nSPS) is 40.1. The van der Waals surface area contributed by atoms with Crippen LogP contribution in [0.4, 0.5) is 0 Å². The fourth-order valence-electron chi connectivity index (χ4n) is 1.56. The summed E-state index contributed by atoms with van der Waals surface area (Å²) in [4.78, 5) is 0. The summed E-state index contributed by atoms with van der Waals surface area (Å²) in [7, 11) is 0. The molecule has 2 rings (SSSR count). The lowest BCUT2D eigenvalue weighted by Crippen LogP contribution is -2.52. The van der Waals surface area contributed by atoms with Crippen molar-refractivity contribution in [2.75, 3.05) is 0 Å². The van der Waals surface area contributed by atoms with Crippen molar-refractivity contribution in [3.8, 4) is 0 Å². The van der Waals surface area contributed by atoms with Crippen molar-refractivity contribution < 1.29 is 20.4 Å². The van der Waals surface area contributed by atoms with Crippen LogP contribution < -0.4 is 0 Å². The van der Waals surface area contributed by atoms with Crippen LogP contribution in [0.15, 0.2) is 48.0 Å². The number of hydrogen-bond acceptors (Lipinski definition) is 4. The van der Waals surface area contributed by atoms with E-state index in [9.17, 15) is 20.4 Å². The number of allylic oxidation sites excluding steroid dienone is 2. The summed E-state index contributed by atoms with van der Waals surface area (Å²) in [6, 6.07) is 0. The smallest absolute Gasteiger partial charge is 0.156 e. The monoisotopic (exact) mass is 194 g/mol. The fourth-order valence-corrected chi connectivity index (χ4v) is 1.56. The largest absolute Gasteiger partial charge is 0.504 e. The second-order valence-electron chi connectivity index (χ2n) is 3.43. The Bertz CT molecular complexity index is 353. The van der Waals surface area contributed by atoms with Crippen molar-refractivity contribution in [2.45, 2.75) is 11.2 Å². The van der Waals surface area contributed by atoms with Gasteiger partial charge >= 0.3 is 0 Å². The van der Waals surface area contributed by atoms with Gasteiger partial charge in [0.05, 0.1) is 0 Å². The van der Waals surface area contributed by atoms with Crippen molar-refractivity contribution in [2.24, 2.45) is 0 Å². The predicted octanol–water partition coefficient (Wildman–Crippen LogP) is 0.472. The van der Waals surface area contributed by atoms with Gasteiger partial charge < -0.3 is 20.4 Å². The molecule has 0 aromatic rings. The molecule has 0 aromatic carbocycles. The molecule has 0 heterocycles. The highest BCUT2D eigenvalue weighted by molar-refractivity contribution is 5.46. The molecular formula is C10H10O4. The summed E-state index contributed by atoms with van der Waals surface area (Å²) < 4.78 is 0. The first kappa shape index (κ1) is 9.05. The Balaban J connectivity index is 2.57. The molecule has 2 aliphatic rings. The molecule has 2 unspecified atom stereocenters. The first-order valence-electron chi connectivity index (χ1n) is 4.13. The van der Waals surface area contributed by atoms with Gasteiger partial charge in [-0.2, -0.15) is 0 Å². The second kappa shape index (κ2) is 2.50. The molecular weight excluding hydrogens is 184 g/mol. The standard InChI is InChI=1S/C10H10O4/c11-7-5-9(13)3-1-2-4-10(9,14)6-8(7)12/h1-6,11-14H. The van der Waals surface area contributed by atoms with Gasteiger partial charge in [0.15, 0.2) is 11.5 Å². The van der Waals surface area contributed by atoms with Crippen molar-refractivity contribution in [1.29, 1.82) is 0 Å². The van der Waals surface area contributed by atoms with Gasteiger partial charge in [0.2, 0.25) is 0 Å². The fraction of sp³-hybridized carbons (Fsp3) is 0.200. The molecule has 0 radical (unpaired) electrons. The topological polar surface area (TPSA) is 80.9 Å². The van der Waals surface area contributed by atoms with E-state index < -0.39 is 22.7 Å². The summed E-state index contributed by atoms with van der Waals surface area (Å²) in [5.74, 6) is -0.894.